The Labute approximate surface area is 97.6 Å². The first-order valence-corrected chi connectivity index (χ1v) is 7.52. The molecule has 0 aromatic rings. The van der Waals surface area contributed by atoms with Crippen molar-refractivity contribution in [2.75, 3.05) is 12.4 Å². The fourth-order valence-corrected chi connectivity index (χ4v) is 2.90. The fraction of sp³-hybridized carbons (Fsp3) is 1.00. The molecule has 3 nitrogen and oxygen atoms in total. The van der Waals surface area contributed by atoms with E-state index < -0.39 is 14.5 Å². The molecular formula is C10H21ClO3S. The number of hydrogen-bond acceptors (Lipinski definition) is 3. The van der Waals surface area contributed by atoms with E-state index in [2.05, 4.69) is 0 Å². The van der Waals surface area contributed by atoms with Gasteiger partial charge < -0.3 is 4.74 Å². The van der Waals surface area contributed by atoms with E-state index >= 15 is 0 Å². The molecule has 0 heterocycles. The molecular weight excluding hydrogens is 236 g/mol. The first kappa shape index (κ1) is 15.2. The molecule has 0 saturated carbocycles. The van der Waals surface area contributed by atoms with Crippen molar-refractivity contribution in [2.24, 2.45) is 5.41 Å². The van der Waals surface area contributed by atoms with Crippen LogP contribution in [0.25, 0.3) is 0 Å². The third-order valence-electron chi connectivity index (χ3n) is 2.27. The van der Waals surface area contributed by atoms with Crippen molar-refractivity contribution in [2.45, 2.75) is 46.6 Å². The van der Waals surface area contributed by atoms with Crippen LogP contribution >= 0.6 is 10.7 Å². The molecule has 0 N–H and O–H groups in total. The van der Waals surface area contributed by atoms with Gasteiger partial charge in [0, 0.05) is 16.1 Å². The quantitative estimate of drug-likeness (QED) is 0.687. The second-order valence-electron chi connectivity index (χ2n) is 5.25. The summed E-state index contributed by atoms with van der Waals surface area (Å²) >= 11 is 0. The Morgan fingerprint density at radius 3 is 2.00 bits per heavy atom. The van der Waals surface area contributed by atoms with E-state index in [0.717, 1.165) is 6.42 Å². The summed E-state index contributed by atoms with van der Waals surface area (Å²) in [7, 11) is 1.75. The maximum absolute atomic E-state index is 11.0. The molecule has 0 bridgehead atoms. The number of halogens is 1. The molecule has 5 heteroatoms. The van der Waals surface area contributed by atoms with Crippen LogP contribution in [0.5, 0.6) is 0 Å². The Kier molecular flexibility index (Phi) is 5.09. The van der Waals surface area contributed by atoms with Crippen LogP contribution in [0.15, 0.2) is 0 Å². The Balaban J connectivity index is 4.28. The normalized spacial score (nSPS) is 14.3. The van der Waals surface area contributed by atoms with Gasteiger partial charge in [-0.2, -0.15) is 0 Å². The zero-order valence-electron chi connectivity index (χ0n) is 10.1. The second kappa shape index (κ2) is 5.02. The van der Waals surface area contributed by atoms with Gasteiger partial charge >= 0.3 is 0 Å². The lowest BCUT2D eigenvalue weighted by molar-refractivity contribution is -0.0515. The Bertz CT molecular complexity index is 294. The summed E-state index contributed by atoms with van der Waals surface area (Å²) < 4.78 is 27.6. The van der Waals surface area contributed by atoms with E-state index in [1.165, 1.54) is 0 Å². The van der Waals surface area contributed by atoms with Crippen LogP contribution in [0, 0.1) is 5.41 Å². The summed E-state index contributed by atoms with van der Waals surface area (Å²) in [5.74, 6) is -0.0681. The molecule has 0 amide bonds. The lowest BCUT2D eigenvalue weighted by Gasteiger charge is -2.30. The maximum atomic E-state index is 11.0. The van der Waals surface area contributed by atoms with E-state index in [1.54, 1.807) is 0 Å². The van der Waals surface area contributed by atoms with Gasteiger partial charge in [0.2, 0.25) is 9.05 Å². The smallest absolute Gasteiger partial charge is 0.233 e. The van der Waals surface area contributed by atoms with Crippen molar-refractivity contribution in [1.29, 1.82) is 0 Å². The van der Waals surface area contributed by atoms with E-state index in [0.29, 0.717) is 6.61 Å². The Morgan fingerprint density at radius 2 is 1.67 bits per heavy atom. The molecule has 0 atom stereocenters. The average molecular weight is 257 g/mol. The van der Waals surface area contributed by atoms with E-state index in [9.17, 15) is 8.42 Å². The molecule has 0 aliphatic rings. The molecule has 0 saturated heterocycles. The topological polar surface area (TPSA) is 43.4 Å². The molecule has 0 aliphatic heterocycles. The molecule has 0 spiro atoms. The van der Waals surface area contributed by atoms with E-state index in [1.807, 2.05) is 34.6 Å². The molecule has 0 unspecified atom stereocenters. The van der Waals surface area contributed by atoms with Crippen LogP contribution in [0.1, 0.15) is 41.0 Å². The highest BCUT2D eigenvalue weighted by Crippen LogP contribution is 2.24. The molecule has 0 aliphatic carbocycles. The molecule has 0 rings (SSSR count). The van der Waals surface area contributed by atoms with E-state index in [4.69, 9.17) is 15.4 Å². The number of rotatable bonds is 6. The molecule has 0 aromatic carbocycles. The first-order chi connectivity index (χ1) is 6.47. The average Bonchev–Trinajstić information content (AvgIpc) is 1.97. The third kappa shape index (κ3) is 8.05. The highest BCUT2D eigenvalue weighted by atomic mass is 35.7. The monoisotopic (exact) mass is 256 g/mol. The van der Waals surface area contributed by atoms with Crippen LogP contribution in [-0.2, 0) is 13.8 Å². The van der Waals surface area contributed by atoms with Gasteiger partial charge in [0.25, 0.3) is 0 Å². The van der Waals surface area contributed by atoms with Gasteiger partial charge in [-0.15, -0.1) is 0 Å². The minimum atomic E-state index is -3.46. The summed E-state index contributed by atoms with van der Waals surface area (Å²) in [5, 5.41) is 0. The molecule has 92 valence electrons. The molecule has 0 radical (unpaired) electrons. The lowest BCUT2D eigenvalue weighted by atomic mass is 9.97. The predicted molar refractivity (Wildman–Crippen MR) is 63.7 cm³/mol. The number of hydrogen-bond donors (Lipinski definition) is 0. The molecule has 0 aromatic heterocycles. The molecule has 0 fully saturated rings. The third-order valence-corrected chi connectivity index (χ3v) is 3.72. The summed E-state index contributed by atoms with van der Waals surface area (Å²) in [6, 6.07) is 0. The van der Waals surface area contributed by atoms with Crippen molar-refractivity contribution >= 4 is 19.7 Å². The van der Waals surface area contributed by atoms with Gasteiger partial charge in [-0.3, -0.25) is 0 Å². The SMILES string of the molecule is CCC(C)(C)OCC(C)(C)CS(=O)(=O)Cl. The minimum Gasteiger partial charge on any atom is -0.375 e. The molecule has 15 heavy (non-hydrogen) atoms. The zero-order valence-corrected chi connectivity index (χ0v) is 11.7. The van der Waals surface area contributed by atoms with Gasteiger partial charge in [-0.1, -0.05) is 20.8 Å². The standard InChI is InChI=1S/C10H21ClO3S/c1-6-10(4,5)14-7-9(2,3)8-15(11,12)13/h6-8H2,1-5H3. The summed E-state index contributed by atoms with van der Waals surface area (Å²) in [5.41, 5.74) is -0.666. The van der Waals surface area contributed by atoms with Crippen LogP contribution in [-0.4, -0.2) is 26.4 Å². The zero-order chi connectivity index (χ0) is 12.3. The predicted octanol–water partition coefficient (Wildman–Crippen LogP) is 2.79. The van der Waals surface area contributed by atoms with Crippen LogP contribution in [0.3, 0.4) is 0 Å². The van der Waals surface area contributed by atoms with Gasteiger partial charge in [0.05, 0.1) is 18.0 Å². The highest BCUT2D eigenvalue weighted by Gasteiger charge is 2.28. The van der Waals surface area contributed by atoms with Crippen molar-refractivity contribution < 1.29 is 13.2 Å². The lowest BCUT2D eigenvalue weighted by Crippen LogP contribution is -2.33. The van der Waals surface area contributed by atoms with E-state index in [-0.39, 0.29) is 11.4 Å². The van der Waals surface area contributed by atoms with Gasteiger partial charge in [0.15, 0.2) is 0 Å². The van der Waals surface area contributed by atoms with Crippen molar-refractivity contribution in [1.82, 2.24) is 0 Å². The summed E-state index contributed by atoms with van der Waals surface area (Å²) in [4.78, 5) is 0. The van der Waals surface area contributed by atoms with Gasteiger partial charge in [-0.05, 0) is 20.3 Å². The first-order valence-electron chi connectivity index (χ1n) is 5.04. The van der Waals surface area contributed by atoms with Gasteiger partial charge in [0.1, 0.15) is 0 Å². The fourth-order valence-electron chi connectivity index (χ4n) is 1.00. The second-order valence-corrected chi connectivity index (χ2v) is 8.03. The Hall–Kier alpha value is 0.200. The van der Waals surface area contributed by atoms with Crippen molar-refractivity contribution in [3.05, 3.63) is 0 Å². The van der Waals surface area contributed by atoms with Gasteiger partial charge in [-0.25, -0.2) is 8.42 Å². The maximum Gasteiger partial charge on any atom is 0.233 e. The van der Waals surface area contributed by atoms with Crippen LogP contribution in [0.4, 0.5) is 0 Å². The number of ether oxygens (including phenoxy) is 1. The summed E-state index contributed by atoms with van der Waals surface area (Å²) in [6.45, 7) is 10.1. The van der Waals surface area contributed by atoms with Crippen LogP contribution in [0.2, 0.25) is 0 Å². The van der Waals surface area contributed by atoms with Crippen molar-refractivity contribution in [3.8, 4) is 0 Å². The van der Waals surface area contributed by atoms with Crippen molar-refractivity contribution in [3.63, 3.8) is 0 Å². The largest absolute Gasteiger partial charge is 0.375 e. The Morgan fingerprint density at radius 1 is 1.20 bits per heavy atom. The summed E-state index contributed by atoms with van der Waals surface area (Å²) in [6.07, 6.45) is 0.886. The minimum absolute atomic E-state index is 0.0681. The highest BCUT2D eigenvalue weighted by molar-refractivity contribution is 8.13. The van der Waals surface area contributed by atoms with Crippen LogP contribution < -0.4 is 0 Å².